The number of carbonyl (C=O) groups excluding carboxylic acids is 1. The first-order chi connectivity index (χ1) is 9.71. The lowest BCUT2D eigenvalue weighted by atomic mass is 10.0. The van der Waals surface area contributed by atoms with Gasteiger partial charge in [0, 0.05) is 25.4 Å². The number of hydrogen-bond acceptors (Lipinski definition) is 4. The molecular formula is C15H21NO4S. The molecular weight excluding hydrogens is 290 g/mol. The molecule has 0 spiro atoms. The van der Waals surface area contributed by atoms with Crippen LogP contribution in [0.3, 0.4) is 0 Å². The van der Waals surface area contributed by atoms with Crippen molar-refractivity contribution in [1.82, 2.24) is 4.90 Å². The Bertz CT molecular complexity index is 616. The van der Waals surface area contributed by atoms with Crippen LogP contribution in [0.15, 0.2) is 29.2 Å². The van der Waals surface area contributed by atoms with Crippen LogP contribution in [0.4, 0.5) is 0 Å². The van der Waals surface area contributed by atoms with Gasteiger partial charge in [-0.1, -0.05) is 12.8 Å². The van der Waals surface area contributed by atoms with E-state index in [1.54, 1.807) is 7.05 Å². The SMILES string of the molecule is CN(CC1(O)CCCC1)C(=O)c1ccc(S(C)(=O)=O)cc1. The predicted octanol–water partition coefficient (Wildman–Crippen LogP) is 1.47. The van der Waals surface area contributed by atoms with Gasteiger partial charge in [-0.2, -0.15) is 0 Å². The average molecular weight is 311 g/mol. The van der Waals surface area contributed by atoms with Crippen molar-refractivity contribution in [1.29, 1.82) is 0 Å². The van der Waals surface area contributed by atoms with E-state index in [-0.39, 0.29) is 10.8 Å². The van der Waals surface area contributed by atoms with E-state index in [1.165, 1.54) is 29.2 Å². The monoisotopic (exact) mass is 311 g/mol. The quantitative estimate of drug-likeness (QED) is 0.913. The maximum atomic E-state index is 12.3. The van der Waals surface area contributed by atoms with E-state index < -0.39 is 15.4 Å². The molecule has 1 fully saturated rings. The number of likely N-dealkylation sites (N-methyl/N-ethyl adjacent to an activating group) is 1. The van der Waals surface area contributed by atoms with Crippen LogP contribution in [0.1, 0.15) is 36.0 Å². The van der Waals surface area contributed by atoms with Gasteiger partial charge >= 0.3 is 0 Å². The molecule has 0 radical (unpaired) electrons. The topological polar surface area (TPSA) is 74.7 Å². The fourth-order valence-electron chi connectivity index (χ4n) is 2.77. The van der Waals surface area contributed by atoms with E-state index in [2.05, 4.69) is 0 Å². The fourth-order valence-corrected chi connectivity index (χ4v) is 3.40. The number of aliphatic hydroxyl groups is 1. The maximum Gasteiger partial charge on any atom is 0.253 e. The first-order valence-corrected chi connectivity index (χ1v) is 8.88. The molecule has 2 rings (SSSR count). The third-order valence-electron chi connectivity index (χ3n) is 3.94. The molecule has 1 N–H and O–H groups in total. The minimum Gasteiger partial charge on any atom is -0.388 e. The highest BCUT2D eigenvalue weighted by Crippen LogP contribution is 2.30. The number of rotatable bonds is 4. The molecule has 0 bridgehead atoms. The second-order valence-corrected chi connectivity index (χ2v) is 7.90. The number of nitrogens with zero attached hydrogens (tertiary/aromatic N) is 1. The van der Waals surface area contributed by atoms with Crippen molar-refractivity contribution < 1.29 is 18.3 Å². The lowest BCUT2D eigenvalue weighted by molar-refractivity contribution is 0.0157. The molecule has 1 amide bonds. The zero-order chi connectivity index (χ0) is 15.7. The van der Waals surface area contributed by atoms with Crippen LogP contribution >= 0.6 is 0 Å². The molecule has 0 unspecified atom stereocenters. The molecule has 6 heteroatoms. The molecule has 5 nitrogen and oxygen atoms in total. The second-order valence-electron chi connectivity index (χ2n) is 5.89. The Kier molecular flexibility index (Phi) is 4.39. The summed E-state index contributed by atoms with van der Waals surface area (Å²) in [5.74, 6) is -0.213. The van der Waals surface area contributed by atoms with Gasteiger partial charge < -0.3 is 10.0 Å². The summed E-state index contributed by atoms with van der Waals surface area (Å²) in [4.78, 5) is 14.0. The Balaban J connectivity index is 2.09. The lowest BCUT2D eigenvalue weighted by Crippen LogP contribution is -2.42. The van der Waals surface area contributed by atoms with Gasteiger partial charge in [0.2, 0.25) is 0 Å². The Labute approximate surface area is 125 Å². The smallest absolute Gasteiger partial charge is 0.253 e. The summed E-state index contributed by atoms with van der Waals surface area (Å²) in [6.07, 6.45) is 4.55. The van der Waals surface area contributed by atoms with Crippen molar-refractivity contribution in [2.24, 2.45) is 0 Å². The summed E-state index contributed by atoms with van der Waals surface area (Å²) in [5.41, 5.74) is -0.358. The van der Waals surface area contributed by atoms with Gasteiger partial charge in [0.05, 0.1) is 10.5 Å². The molecule has 0 aromatic heterocycles. The highest BCUT2D eigenvalue weighted by atomic mass is 32.2. The molecule has 1 aromatic rings. The number of benzene rings is 1. The van der Waals surface area contributed by atoms with Crippen LogP contribution in [0.25, 0.3) is 0 Å². The fraction of sp³-hybridized carbons (Fsp3) is 0.533. The van der Waals surface area contributed by atoms with Crippen molar-refractivity contribution in [3.63, 3.8) is 0 Å². The van der Waals surface area contributed by atoms with Crippen molar-refractivity contribution in [3.05, 3.63) is 29.8 Å². The van der Waals surface area contributed by atoms with Gasteiger partial charge in [0.15, 0.2) is 9.84 Å². The Morgan fingerprint density at radius 3 is 2.24 bits per heavy atom. The predicted molar refractivity (Wildman–Crippen MR) is 79.9 cm³/mol. The highest BCUT2D eigenvalue weighted by molar-refractivity contribution is 7.90. The number of carbonyl (C=O) groups is 1. The van der Waals surface area contributed by atoms with Crippen molar-refractivity contribution in [3.8, 4) is 0 Å². The van der Waals surface area contributed by atoms with E-state index in [4.69, 9.17) is 0 Å². The summed E-state index contributed by atoms with van der Waals surface area (Å²) in [7, 11) is -1.60. The molecule has 0 saturated heterocycles. The number of sulfone groups is 1. The normalized spacial score (nSPS) is 17.7. The van der Waals surface area contributed by atoms with Gasteiger partial charge in [0.25, 0.3) is 5.91 Å². The summed E-state index contributed by atoms with van der Waals surface area (Å²) in [6.45, 7) is 0.305. The van der Waals surface area contributed by atoms with Gasteiger partial charge in [0.1, 0.15) is 0 Å². The standard InChI is InChI=1S/C15H21NO4S/c1-16(11-15(18)9-3-4-10-15)14(17)12-5-7-13(8-6-12)21(2,19)20/h5-8,18H,3-4,9-11H2,1-2H3. The van der Waals surface area contributed by atoms with Gasteiger partial charge in [-0.05, 0) is 37.1 Å². The third kappa shape index (κ3) is 3.83. The van der Waals surface area contributed by atoms with Crippen LogP contribution in [0.5, 0.6) is 0 Å². The summed E-state index contributed by atoms with van der Waals surface area (Å²) < 4.78 is 22.8. The maximum absolute atomic E-state index is 12.3. The van der Waals surface area contributed by atoms with Gasteiger partial charge in [-0.15, -0.1) is 0 Å². The molecule has 1 aliphatic carbocycles. The van der Waals surface area contributed by atoms with Gasteiger partial charge in [-0.25, -0.2) is 8.42 Å². The molecule has 0 heterocycles. The van der Waals surface area contributed by atoms with Crippen molar-refractivity contribution in [2.45, 2.75) is 36.2 Å². The number of amides is 1. The average Bonchev–Trinajstić information content (AvgIpc) is 2.83. The van der Waals surface area contributed by atoms with Gasteiger partial charge in [-0.3, -0.25) is 4.79 Å². The van der Waals surface area contributed by atoms with Crippen LogP contribution in [-0.2, 0) is 9.84 Å². The molecule has 116 valence electrons. The van der Waals surface area contributed by atoms with Crippen LogP contribution in [0.2, 0.25) is 0 Å². The molecule has 0 atom stereocenters. The first kappa shape index (κ1) is 16.0. The molecule has 1 aromatic carbocycles. The van der Waals surface area contributed by atoms with Crippen LogP contribution in [0, 0.1) is 0 Å². The highest BCUT2D eigenvalue weighted by Gasteiger charge is 2.33. The van der Waals surface area contributed by atoms with E-state index >= 15 is 0 Å². The minimum absolute atomic E-state index is 0.191. The Morgan fingerprint density at radius 2 is 1.76 bits per heavy atom. The van der Waals surface area contributed by atoms with Crippen LogP contribution < -0.4 is 0 Å². The second kappa shape index (κ2) is 5.77. The summed E-state index contributed by atoms with van der Waals surface area (Å²) in [6, 6.07) is 5.88. The number of hydrogen-bond donors (Lipinski definition) is 1. The van der Waals surface area contributed by atoms with E-state index in [9.17, 15) is 18.3 Å². The van der Waals surface area contributed by atoms with E-state index in [0.717, 1.165) is 31.9 Å². The summed E-state index contributed by atoms with van der Waals surface area (Å²) in [5, 5.41) is 10.3. The largest absolute Gasteiger partial charge is 0.388 e. The minimum atomic E-state index is -3.26. The first-order valence-electron chi connectivity index (χ1n) is 6.99. The zero-order valence-electron chi connectivity index (χ0n) is 12.4. The zero-order valence-corrected chi connectivity index (χ0v) is 13.2. The van der Waals surface area contributed by atoms with Crippen molar-refractivity contribution in [2.75, 3.05) is 19.8 Å². The van der Waals surface area contributed by atoms with E-state index in [1.807, 2.05) is 0 Å². The molecule has 1 saturated carbocycles. The molecule has 21 heavy (non-hydrogen) atoms. The molecule has 0 aliphatic heterocycles. The van der Waals surface area contributed by atoms with E-state index in [0.29, 0.717) is 12.1 Å². The molecule has 1 aliphatic rings. The lowest BCUT2D eigenvalue weighted by Gasteiger charge is -2.28. The van der Waals surface area contributed by atoms with Crippen LogP contribution in [-0.4, -0.2) is 49.8 Å². The van der Waals surface area contributed by atoms with Crippen molar-refractivity contribution >= 4 is 15.7 Å². The third-order valence-corrected chi connectivity index (χ3v) is 5.07. The summed E-state index contributed by atoms with van der Waals surface area (Å²) >= 11 is 0. The Hall–Kier alpha value is -1.40. The Morgan fingerprint density at radius 1 is 1.24 bits per heavy atom.